The summed E-state index contributed by atoms with van der Waals surface area (Å²) in [4.78, 5) is 30.5. The Balaban J connectivity index is 1.57. The van der Waals surface area contributed by atoms with Gasteiger partial charge in [0.05, 0.1) is 38.1 Å². The third-order valence-corrected chi connectivity index (χ3v) is 6.61. The van der Waals surface area contributed by atoms with E-state index in [9.17, 15) is 9.59 Å². The number of amides is 1. The number of ether oxygens (including phenoxy) is 4. The van der Waals surface area contributed by atoms with Crippen LogP contribution in [0.3, 0.4) is 0 Å². The van der Waals surface area contributed by atoms with Crippen LogP contribution in [-0.4, -0.2) is 44.8 Å². The number of benzene rings is 3. The maximum absolute atomic E-state index is 13.2. The number of rotatable bonds is 10. The normalized spacial score (nSPS) is 11.5. The fraction of sp³-hybridized carbons (Fsp3) is 0.258. The molecule has 0 aliphatic heterocycles. The van der Waals surface area contributed by atoms with Crippen molar-refractivity contribution >= 4 is 28.5 Å². The van der Waals surface area contributed by atoms with Gasteiger partial charge in [-0.05, 0) is 54.3 Å². The fourth-order valence-electron chi connectivity index (χ4n) is 4.26. The molecule has 0 aliphatic carbocycles. The van der Waals surface area contributed by atoms with Crippen molar-refractivity contribution in [2.75, 3.05) is 33.3 Å². The van der Waals surface area contributed by atoms with Gasteiger partial charge in [-0.2, -0.15) is 0 Å². The summed E-state index contributed by atoms with van der Waals surface area (Å²) in [6.45, 7) is 3.86. The van der Waals surface area contributed by atoms with Crippen molar-refractivity contribution in [3.63, 3.8) is 0 Å². The zero-order chi connectivity index (χ0) is 27.9. The van der Waals surface area contributed by atoms with Gasteiger partial charge in [0.15, 0.2) is 18.1 Å². The highest BCUT2D eigenvalue weighted by molar-refractivity contribution is 6.05. The molecule has 0 fully saturated rings. The quantitative estimate of drug-likeness (QED) is 0.244. The molecular weight excluding hydrogens is 496 g/mol. The number of aromatic nitrogens is 1. The summed E-state index contributed by atoms with van der Waals surface area (Å²) < 4.78 is 21.8. The van der Waals surface area contributed by atoms with Gasteiger partial charge >= 0.3 is 5.97 Å². The molecule has 202 valence electrons. The first kappa shape index (κ1) is 27.4. The molecule has 1 N–H and O–H groups in total. The van der Waals surface area contributed by atoms with E-state index in [4.69, 9.17) is 23.9 Å². The lowest BCUT2D eigenvalue weighted by molar-refractivity contribution is -0.119. The van der Waals surface area contributed by atoms with E-state index in [1.54, 1.807) is 24.3 Å². The number of para-hydroxylation sites is 1. The Morgan fingerprint density at radius 3 is 2.18 bits per heavy atom. The van der Waals surface area contributed by atoms with Gasteiger partial charge in [0.2, 0.25) is 5.75 Å². The summed E-state index contributed by atoms with van der Waals surface area (Å²) in [6, 6.07) is 20.1. The number of pyridine rings is 1. The van der Waals surface area contributed by atoms with E-state index in [2.05, 4.69) is 19.2 Å². The first-order valence-electron chi connectivity index (χ1n) is 12.7. The van der Waals surface area contributed by atoms with Crippen LogP contribution in [0.15, 0.2) is 66.7 Å². The van der Waals surface area contributed by atoms with Crippen molar-refractivity contribution in [2.45, 2.75) is 26.2 Å². The minimum Gasteiger partial charge on any atom is -0.493 e. The molecule has 39 heavy (non-hydrogen) atoms. The number of carbonyl (C=O) groups is 2. The minimum atomic E-state index is -0.635. The van der Waals surface area contributed by atoms with Gasteiger partial charge in [-0.15, -0.1) is 0 Å². The van der Waals surface area contributed by atoms with Crippen LogP contribution < -0.4 is 19.5 Å². The van der Waals surface area contributed by atoms with E-state index in [1.165, 1.54) is 26.9 Å². The molecule has 0 saturated heterocycles. The molecule has 1 aromatic heterocycles. The second kappa shape index (κ2) is 12.3. The third kappa shape index (κ3) is 6.12. The number of methoxy groups -OCH3 is 3. The van der Waals surface area contributed by atoms with Crippen LogP contribution >= 0.6 is 0 Å². The van der Waals surface area contributed by atoms with Crippen LogP contribution in [0.4, 0.5) is 5.69 Å². The SMILES string of the molecule is CCC(C)c1ccc(NC(=O)COC(=O)c2cc(-c3cc(OC)c(OC)c(OC)c3)nc3ccccc23)cc1. The topological polar surface area (TPSA) is 96.0 Å². The first-order chi connectivity index (χ1) is 18.9. The van der Waals surface area contributed by atoms with Gasteiger partial charge in [-0.1, -0.05) is 44.2 Å². The van der Waals surface area contributed by atoms with Crippen LogP contribution in [-0.2, 0) is 9.53 Å². The molecule has 1 atom stereocenters. The predicted molar refractivity (Wildman–Crippen MR) is 151 cm³/mol. The number of carbonyl (C=O) groups excluding carboxylic acids is 2. The molecule has 4 aromatic rings. The van der Waals surface area contributed by atoms with Gasteiger partial charge in [0.1, 0.15) is 0 Å². The van der Waals surface area contributed by atoms with Crippen LogP contribution in [0.25, 0.3) is 22.2 Å². The lowest BCUT2D eigenvalue weighted by Crippen LogP contribution is -2.21. The Kier molecular flexibility index (Phi) is 8.66. The van der Waals surface area contributed by atoms with E-state index in [0.717, 1.165) is 6.42 Å². The summed E-state index contributed by atoms with van der Waals surface area (Å²) in [6.07, 6.45) is 1.03. The van der Waals surface area contributed by atoms with Crippen molar-refractivity contribution in [3.8, 4) is 28.5 Å². The molecule has 1 amide bonds. The van der Waals surface area contributed by atoms with E-state index >= 15 is 0 Å². The molecule has 0 spiro atoms. The summed E-state index contributed by atoms with van der Waals surface area (Å²) >= 11 is 0. The van der Waals surface area contributed by atoms with Gasteiger partial charge in [0.25, 0.3) is 5.91 Å². The van der Waals surface area contributed by atoms with E-state index in [1.807, 2.05) is 42.5 Å². The molecule has 0 bridgehead atoms. The van der Waals surface area contributed by atoms with Crippen LogP contribution in [0.2, 0.25) is 0 Å². The van der Waals surface area contributed by atoms with E-state index in [-0.39, 0.29) is 5.56 Å². The van der Waals surface area contributed by atoms with Crippen LogP contribution in [0, 0.1) is 0 Å². The average Bonchev–Trinajstić information content (AvgIpc) is 2.98. The molecular formula is C31H32N2O6. The van der Waals surface area contributed by atoms with Crippen LogP contribution in [0.5, 0.6) is 17.2 Å². The Labute approximate surface area is 227 Å². The lowest BCUT2D eigenvalue weighted by Gasteiger charge is -2.15. The van der Waals surface area contributed by atoms with Gasteiger partial charge in [-0.25, -0.2) is 9.78 Å². The van der Waals surface area contributed by atoms with Crippen molar-refractivity contribution < 1.29 is 28.5 Å². The highest BCUT2D eigenvalue weighted by Crippen LogP contribution is 2.41. The molecule has 1 unspecified atom stereocenters. The summed E-state index contributed by atoms with van der Waals surface area (Å²) in [5.41, 5.74) is 3.89. The zero-order valence-electron chi connectivity index (χ0n) is 22.7. The number of esters is 1. The maximum Gasteiger partial charge on any atom is 0.339 e. The van der Waals surface area contributed by atoms with Crippen molar-refractivity contribution in [1.29, 1.82) is 0 Å². The molecule has 1 heterocycles. The molecule has 8 nitrogen and oxygen atoms in total. The number of nitrogens with zero attached hydrogens (tertiary/aromatic N) is 1. The number of nitrogens with one attached hydrogen (secondary N) is 1. The largest absolute Gasteiger partial charge is 0.493 e. The smallest absolute Gasteiger partial charge is 0.339 e. The number of hydrogen-bond acceptors (Lipinski definition) is 7. The number of hydrogen-bond donors (Lipinski definition) is 1. The molecule has 8 heteroatoms. The average molecular weight is 529 g/mol. The molecule has 4 rings (SSSR count). The van der Waals surface area contributed by atoms with E-state index in [0.29, 0.717) is 51.0 Å². The molecule has 0 radical (unpaired) electrons. The Morgan fingerprint density at radius 2 is 1.56 bits per heavy atom. The minimum absolute atomic E-state index is 0.287. The van der Waals surface area contributed by atoms with Crippen molar-refractivity contribution in [2.24, 2.45) is 0 Å². The predicted octanol–water partition coefficient (Wildman–Crippen LogP) is 6.24. The first-order valence-corrected chi connectivity index (χ1v) is 12.7. The Hall–Kier alpha value is -4.59. The maximum atomic E-state index is 13.2. The second-order valence-electron chi connectivity index (χ2n) is 9.04. The molecule has 0 saturated carbocycles. The molecule has 0 aliphatic rings. The van der Waals surface area contributed by atoms with Crippen LogP contribution in [0.1, 0.15) is 42.1 Å². The summed E-state index contributed by atoms with van der Waals surface area (Å²) in [5, 5.41) is 3.39. The Bertz CT molecular complexity index is 1460. The standard InChI is InChI=1S/C31H32N2O6/c1-6-19(2)20-11-13-22(14-12-20)32-29(34)18-39-31(35)24-17-26(33-25-10-8-7-9-23(24)25)21-15-27(36-3)30(38-5)28(16-21)37-4/h7-17,19H,6,18H2,1-5H3,(H,32,34). The van der Waals surface area contributed by atoms with Crippen molar-refractivity contribution in [3.05, 3.63) is 77.9 Å². The lowest BCUT2D eigenvalue weighted by atomic mass is 9.99. The second-order valence-corrected chi connectivity index (χ2v) is 9.04. The van der Waals surface area contributed by atoms with Gasteiger partial charge in [-0.3, -0.25) is 4.79 Å². The number of anilines is 1. The van der Waals surface area contributed by atoms with Gasteiger partial charge < -0.3 is 24.3 Å². The van der Waals surface area contributed by atoms with Gasteiger partial charge in [0, 0.05) is 16.6 Å². The Morgan fingerprint density at radius 1 is 0.897 bits per heavy atom. The fourth-order valence-corrected chi connectivity index (χ4v) is 4.26. The highest BCUT2D eigenvalue weighted by atomic mass is 16.5. The van der Waals surface area contributed by atoms with E-state index < -0.39 is 18.5 Å². The molecule has 3 aromatic carbocycles. The monoisotopic (exact) mass is 528 g/mol. The highest BCUT2D eigenvalue weighted by Gasteiger charge is 2.19. The zero-order valence-corrected chi connectivity index (χ0v) is 22.7. The summed E-state index contributed by atoms with van der Waals surface area (Å²) in [7, 11) is 4.59. The summed E-state index contributed by atoms with van der Waals surface area (Å²) in [5.74, 6) is 0.743. The third-order valence-electron chi connectivity index (χ3n) is 6.61. The van der Waals surface area contributed by atoms with Crippen molar-refractivity contribution in [1.82, 2.24) is 4.98 Å². The number of fused-ring (bicyclic) bond motifs is 1.